The second kappa shape index (κ2) is 9.08. The van der Waals surface area contributed by atoms with Gasteiger partial charge in [-0.15, -0.1) is 11.3 Å². The number of thiophene rings is 1. The molecule has 0 fully saturated rings. The van der Waals surface area contributed by atoms with E-state index in [9.17, 15) is 0 Å². The number of rotatable bonds is 9. The van der Waals surface area contributed by atoms with E-state index >= 15 is 0 Å². The van der Waals surface area contributed by atoms with E-state index in [1.165, 1.54) is 24.3 Å². The van der Waals surface area contributed by atoms with Crippen molar-refractivity contribution in [2.75, 3.05) is 19.6 Å². The normalized spacial score (nSPS) is 12.6. The molecule has 0 amide bonds. The Balaban J connectivity index is 2.17. The highest BCUT2D eigenvalue weighted by atomic mass is 32.1. The molecule has 1 atom stereocenters. The maximum absolute atomic E-state index is 8.78. The highest BCUT2D eigenvalue weighted by Crippen LogP contribution is 2.15. The van der Waals surface area contributed by atoms with Crippen LogP contribution in [-0.2, 0) is 6.54 Å². The van der Waals surface area contributed by atoms with Crippen molar-refractivity contribution in [1.29, 1.82) is 5.26 Å². The third kappa shape index (κ3) is 6.20. The van der Waals surface area contributed by atoms with Gasteiger partial charge in [-0.05, 0) is 51.5 Å². The maximum atomic E-state index is 8.78. The first-order valence-electron chi connectivity index (χ1n) is 7.14. The molecule has 1 aromatic rings. The van der Waals surface area contributed by atoms with Crippen molar-refractivity contribution in [2.24, 2.45) is 0 Å². The van der Waals surface area contributed by atoms with Crippen LogP contribution in [0.2, 0.25) is 0 Å². The Morgan fingerprint density at radius 2 is 2.11 bits per heavy atom. The van der Waals surface area contributed by atoms with E-state index in [-0.39, 0.29) is 0 Å². The summed E-state index contributed by atoms with van der Waals surface area (Å²) in [5.74, 6) is 0. The van der Waals surface area contributed by atoms with Gasteiger partial charge in [0, 0.05) is 17.5 Å². The van der Waals surface area contributed by atoms with Crippen molar-refractivity contribution in [1.82, 2.24) is 10.2 Å². The van der Waals surface area contributed by atoms with Gasteiger partial charge in [-0.2, -0.15) is 5.26 Å². The number of nitrogens with zero attached hydrogens (tertiary/aromatic N) is 2. The second-order valence-corrected chi connectivity index (χ2v) is 6.00. The molecule has 1 N–H and O–H groups in total. The topological polar surface area (TPSA) is 39.1 Å². The third-order valence-corrected chi connectivity index (χ3v) is 4.39. The zero-order chi connectivity index (χ0) is 14.1. The van der Waals surface area contributed by atoms with Crippen molar-refractivity contribution in [3.63, 3.8) is 0 Å². The molecule has 106 valence electrons. The van der Waals surface area contributed by atoms with E-state index in [4.69, 9.17) is 5.26 Å². The number of nitriles is 1. The average molecular weight is 279 g/mol. The predicted octanol–water partition coefficient (Wildman–Crippen LogP) is 3.22. The molecule has 1 rings (SSSR count). The van der Waals surface area contributed by atoms with Gasteiger partial charge in [-0.25, -0.2) is 0 Å². The summed E-state index contributed by atoms with van der Waals surface area (Å²) < 4.78 is 0. The molecule has 1 aromatic heterocycles. The Morgan fingerprint density at radius 3 is 2.68 bits per heavy atom. The number of nitrogens with one attached hydrogen (secondary N) is 1. The molecular formula is C15H25N3S. The molecule has 0 radical (unpaired) electrons. The van der Waals surface area contributed by atoms with Crippen molar-refractivity contribution >= 4 is 11.3 Å². The fraction of sp³-hybridized carbons (Fsp3) is 0.667. The summed E-state index contributed by atoms with van der Waals surface area (Å²) in [6.45, 7) is 11.0. The van der Waals surface area contributed by atoms with E-state index in [0.717, 1.165) is 24.5 Å². The van der Waals surface area contributed by atoms with E-state index in [0.29, 0.717) is 6.04 Å². The van der Waals surface area contributed by atoms with Crippen LogP contribution in [0, 0.1) is 11.3 Å². The van der Waals surface area contributed by atoms with Gasteiger partial charge in [-0.1, -0.05) is 13.8 Å². The average Bonchev–Trinajstić information content (AvgIpc) is 2.89. The quantitative estimate of drug-likeness (QED) is 0.754. The van der Waals surface area contributed by atoms with Gasteiger partial charge in [0.15, 0.2) is 0 Å². The summed E-state index contributed by atoms with van der Waals surface area (Å²) in [5, 5.41) is 12.3. The molecule has 4 heteroatoms. The fourth-order valence-corrected chi connectivity index (χ4v) is 2.83. The summed E-state index contributed by atoms with van der Waals surface area (Å²) >= 11 is 1.58. The van der Waals surface area contributed by atoms with Crippen LogP contribution in [0.4, 0.5) is 0 Å². The van der Waals surface area contributed by atoms with Gasteiger partial charge < -0.3 is 10.2 Å². The minimum atomic E-state index is 0.531. The van der Waals surface area contributed by atoms with Crippen molar-refractivity contribution in [3.8, 4) is 6.07 Å². The molecule has 0 aliphatic carbocycles. The molecule has 0 saturated carbocycles. The SMILES string of the molecule is CCN(CC)CCCC(C)NCc1ccc(C#N)s1. The second-order valence-electron chi connectivity index (χ2n) is 4.83. The lowest BCUT2D eigenvalue weighted by molar-refractivity contribution is 0.290. The van der Waals surface area contributed by atoms with Crippen LogP contribution in [0.3, 0.4) is 0 Å². The standard InChI is InChI=1S/C15H25N3S/c1-4-18(5-2)10-6-7-13(3)17-12-15-9-8-14(11-16)19-15/h8-9,13,17H,4-7,10,12H2,1-3H3. The highest BCUT2D eigenvalue weighted by Gasteiger charge is 2.05. The van der Waals surface area contributed by atoms with Crippen molar-refractivity contribution in [2.45, 2.75) is 46.2 Å². The van der Waals surface area contributed by atoms with Crippen LogP contribution in [0.1, 0.15) is 43.4 Å². The molecule has 3 nitrogen and oxygen atoms in total. The number of hydrogen-bond acceptors (Lipinski definition) is 4. The Kier molecular flexibility index (Phi) is 7.73. The largest absolute Gasteiger partial charge is 0.309 e. The minimum absolute atomic E-state index is 0.531. The van der Waals surface area contributed by atoms with E-state index in [2.05, 4.69) is 37.1 Å². The Bertz CT molecular complexity index is 390. The predicted molar refractivity (Wildman–Crippen MR) is 82.4 cm³/mol. The summed E-state index contributed by atoms with van der Waals surface area (Å²) in [4.78, 5) is 4.50. The summed E-state index contributed by atoms with van der Waals surface area (Å²) in [6.07, 6.45) is 2.44. The van der Waals surface area contributed by atoms with Crippen LogP contribution >= 0.6 is 11.3 Å². The monoisotopic (exact) mass is 279 g/mol. The molecule has 0 spiro atoms. The van der Waals surface area contributed by atoms with Gasteiger partial charge in [0.05, 0.1) is 0 Å². The maximum Gasteiger partial charge on any atom is 0.110 e. The molecule has 0 aliphatic rings. The summed E-state index contributed by atoms with van der Waals surface area (Å²) in [7, 11) is 0. The first kappa shape index (κ1) is 16.2. The first-order chi connectivity index (χ1) is 9.19. The lowest BCUT2D eigenvalue weighted by Gasteiger charge is -2.19. The zero-order valence-electron chi connectivity index (χ0n) is 12.3. The Hall–Kier alpha value is -0.890. The van der Waals surface area contributed by atoms with E-state index in [1.54, 1.807) is 11.3 Å². The molecule has 1 unspecified atom stereocenters. The van der Waals surface area contributed by atoms with Crippen LogP contribution in [0.25, 0.3) is 0 Å². The minimum Gasteiger partial charge on any atom is -0.309 e. The fourth-order valence-electron chi connectivity index (χ4n) is 2.07. The van der Waals surface area contributed by atoms with Crippen LogP contribution < -0.4 is 5.32 Å². The third-order valence-electron chi connectivity index (χ3n) is 3.40. The molecule has 0 aromatic carbocycles. The summed E-state index contributed by atoms with van der Waals surface area (Å²) in [6, 6.07) is 6.65. The Labute approximate surface area is 121 Å². The lowest BCUT2D eigenvalue weighted by Crippen LogP contribution is -2.28. The van der Waals surface area contributed by atoms with Gasteiger partial charge >= 0.3 is 0 Å². The number of hydrogen-bond donors (Lipinski definition) is 1. The van der Waals surface area contributed by atoms with Gasteiger partial charge in [0.2, 0.25) is 0 Å². The molecule has 0 bridgehead atoms. The Morgan fingerprint density at radius 1 is 1.37 bits per heavy atom. The first-order valence-corrected chi connectivity index (χ1v) is 7.95. The van der Waals surface area contributed by atoms with Crippen molar-refractivity contribution in [3.05, 3.63) is 21.9 Å². The van der Waals surface area contributed by atoms with Gasteiger partial charge in [0.1, 0.15) is 10.9 Å². The lowest BCUT2D eigenvalue weighted by atomic mass is 10.1. The summed E-state index contributed by atoms with van der Waals surface area (Å²) in [5.41, 5.74) is 0. The molecule has 0 saturated heterocycles. The van der Waals surface area contributed by atoms with Crippen LogP contribution in [0.15, 0.2) is 12.1 Å². The van der Waals surface area contributed by atoms with Crippen molar-refractivity contribution < 1.29 is 0 Å². The van der Waals surface area contributed by atoms with Gasteiger partial charge in [0.25, 0.3) is 0 Å². The molecular weight excluding hydrogens is 254 g/mol. The van der Waals surface area contributed by atoms with E-state index < -0.39 is 0 Å². The van der Waals surface area contributed by atoms with Crippen LogP contribution in [0.5, 0.6) is 0 Å². The highest BCUT2D eigenvalue weighted by molar-refractivity contribution is 7.12. The molecule has 1 heterocycles. The molecule has 0 aliphatic heterocycles. The molecule has 19 heavy (non-hydrogen) atoms. The zero-order valence-corrected chi connectivity index (χ0v) is 13.1. The van der Waals surface area contributed by atoms with E-state index in [1.807, 2.05) is 12.1 Å². The van der Waals surface area contributed by atoms with Crippen LogP contribution in [-0.4, -0.2) is 30.6 Å². The van der Waals surface area contributed by atoms with Gasteiger partial charge in [-0.3, -0.25) is 0 Å². The smallest absolute Gasteiger partial charge is 0.110 e.